The number of anilines is 1. The quantitative estimate of drug-likeness (QED) is 0.923. The minimum atomic E-state index is 0.339. The second-order valence-corrected chi connectivity index (χ2v) is 8.06. The molecule has 4 heteroatoms. The highest BCUT2D eigenvalue weighted by Gasteiger charge is 2.27. The molecule has 1 aliphatic heterocycles. The van der Waals surface area contributed by atoms with E-state index >= 15 is 0 Å². The molecule has 100 valence electrons. The molecule has 1 fully saturated rings. The highest BCUT2D eigenvalue weighted by atomic mass is 79.9. The van der Waals surface area contributed by atoms with Crippen molar-refractivity contribution in [2.24, 2.45) is 5.73 Å². The van der Waals surface area contributed by atoms with E-state index in [4.69, 9.17) is 5.73 Å². The first-order valence-electron chi connectivity index (χ1n) is 6.39. The Morgan fingerprint density at radius 1 is 1.44 bits per heavy atom. The van der Waals surface area contributed by atoms with Crippen molar-refractivity contribution in [2.75, 3.05) is 30.3 Å². The molecule has 1 aromatic rings. The number of hydrogen-bond acceptors (Lipinski definition) is 3. The largest absolute Gasteiger partial charge is 0.369 e. The highest BCUT2D eigenvalue weighted by molar-refractivity contribution is 9.10. The molecule has 2 N–H and O–H groups in total. The monoisotopic (exact) mass is 328 g/mol. The number of thioether (sulfide) groups is 1. The smallest absolute Gasteiger partial charge is 0.0400 e. The van der Waals surface area contributed by atoms with Gasteiger partial charge >= 0.3 is 0 Å². The van der Waals surface area contributed by atoms with Crippen LogP contribution in [0.2, 0.25) is 0 Å². The maximum atomic E-state index is 5.72. The SMILES string of the molecule is CC1(C)CN(c2ccc(Br)cc2CCN)CCS1. The van der Waals surface area contributed by atoms with Crippen LogP contribution in [0.4, 0.5) is 5.69 Å². The molecule has 2 rings (SSSR count). The minimum absolute atomic E-state index is 0.339. The van der Waals surface area contributed by atoms with Crippen LogP contribution >= 0.6 is 27.7 Å². The van der Waals surface area contributed by atoms with Crippen LogP contribution in [0.25, 0.3) is 0 Å². The van der Waals surface area contributed by atoms with Gasteiger partial charge in [-0.1, -0.05) is 15.9 Å². The first-order chi connectivity index (χ1) is 8.52. The summed E-state index contributed by atoms with van der Waals surface area (Å²) in [6.45, 7) is 7.59. The van der Waals surface area contributed by atoms with Crippen molar-refractivity contribution in [1.29, 1.82) is 0 Å². The van der Waals surface area contributed by atoms with Crippen LogP contribution in [0.5, 0.6) is 0 Å². The second-order valence-electron chi connectivity index (χ2n) is 5.34. The van der Waals surface area contributed by atoms with E-state index in [0.717, 1.165) is 24.0 Å². The van der Waals surface area contributed by atoms with Gasteiger partial charge in [-0.15, -0.1) is 0 Å². The number of hydrogen-bond donors (Lipinski definition) is 1. The molecule has 1 saturated heterocycles. The average Bonchev–Trinajstić information content (AvgIpc) is 2.28. The van der Waals surface area contributed by atoms with Crippen molar-refractivity contribution in [3.05, 3.63) is 28.2 Å². The van der Waals surface area contributed by atoms with Gasteiger partial charge in [0.2, 0.25) is 0 Å². The van der Waals surface area contributed by atoms with Crippen molar-refractivity contribution in [3.63, 3.8) is 0 Å². The molecule has 0 bridgehead atoms. The van der Waals surface area contributed by atoms with Crippen molar-refractivity contribution < 1.29 is 0 Å². The van der Waals surface area contributed by atoms with Crippen molar-refractivity contribution in [3.8, 4) is 0 Å². The van der Waals surface area contributed by atoms with Crippen LogP contribution in [-0.4, -0.2) is 30.1 Å². The number of nitrogens with two attached hydrogens (primary N) is 1. The third kappa shape index (κ3) is 3.43. The molecule has 0 unspecified atom stereocenters. The fraction of sp³-hybridized carbons (Fsp3) is 0.571. The summed E-state index contributed by atoms with van der Waals surface area (Å²) in [6.07, 6.45) is 0.943. The summed E-state index contributed by atoms with van der Waals surface area (Å²) in [5, 5.41) is 0. The zero-order valence-corrected chi connectivity index (χ0v) is 13.5. The fourth-order valence-electron chi connectivity index (χ4n) is 2.44. The molecule has 1 heterocycles. The van der Waals surface area contributed by atoms with Gasteiger partial charge in [-0.05, 0) is 50.6 Å². The summed E-state index contributed by atoms with van der Waals surface area (Å²) in [4.78, 5) is 2.51. The summed E-state index contributed by atoms with van der Waals surface area (Å²) in [5.74, 6) is 1.20. The average molecular weight is 329 g/mol. The summed E-state index contributed by atoms with van der Waals surface area (Å²) in [7, 11) is 0. The van der Waals surface area contributed by atoms with Crippen LogP contribution in [0.3, 0.4) is 0 Å². The van der Waals surface area contributed by atoms with E-state index in [1.165, 1.54) is 17.0 Å². The number of rotatable bonds is 3. The molecule has 0 aliphatic carbocycles. The normalized spacial score (nSPS) is 19.0. The summed E-state index contributed by atoms with van der Waals surface area (Å²) >= 11 is 5.61. The number of nitrogens with zero attached hydrogens (tertiary/aromatic N) is 1. The molecule has 0 aromatic heterocycles. The molecule has 2 nitrogen and oxygen atoms in total. The van der Waals surface area contributed by atoms with Crippen molar-refractivity contribution in [1.82, 2.24) is 0 Å². The number of benzene rings is 1. The van der Waals surface area contributed by atoms with E-state index in [2.05, 4.69) is 64.6 Å². The minimum Gasteiger partial charge on any atom is -0.369 e. The lowest BCUT2D eigenvalue weighted by molar-refractivity contribution is 0.645. The maximum absolute atomic E-state index is 5.72. The zero-order chi connectivity index (χ0) is 13.2. The Hall–Kier alpha value is -0.190. The molecular formula is C14H21BrN2S. The van der Waals surface area contributed by atoms with E-state index in [0.29, 0.717) is 11.3 Å². The topological polar surface area (TPSA) is 29.3 Å². The second kappa shape index (κ2) is 5.85. The highest BCUT2D eigenvalue weighted by Crippen LogP contribution is 2.34. The van der Waals surface area contributed by atoms with E-state index in [1.54, 1.807) is 0 Å². The first-order valence-corrected chi connectivity index (χ1v) is 8.17. The zero-order valence-electron chi connectivity index (χ0n) is 11.1. The predicted octanol–water partition coefficient (Wildman–Crippen LogP) is 3.28. The lowest BCUT2D eigenvalue weighted by Gasteiger charge is -2.39. The summed E-state index contributed by atoms with van der Waals surface area (Å²) < 4.78 is 1.48. The van der Waals surface area contributed by atoms with Crippen LogP contribution in [0, 0.1) is 0 Å². The Morgan fingerprint density at radius 3 is 2.89 bits per heavy atom. The van der Waals surface area contributed by atoms with Gasteiger partial charge in [0.05, 0.1) is 0 Å². The van der Waals surface area contributed by atoms with Crippen molar-refractivity contribution in [2.45, 2.75) is 25.0 Å². The molecule has 1 aromatic carbocycles. The first kappa shape index (κ1) is 14.2. The van der Waals surface area contributed by atoms with E-state index in [-0.39, 0.29) is 0 Å². The summed E-state index contributed by atoms with van der Waals surface area (Å²) in [6, 6.07) is 6.56. The number of halogens is 1. The fourth-order valence-corrected chi connectivity index (χ4v) is 3.96. The standard InChI is InChI=1S/C14H21BrN2S/c1-14(2)10-17(7-8-18-14)13-4-3-12(15)9-11(13)5-6-16/h3-4,9H,5-8,10,16H2,1-2H3. The van der Waals surface area contributed by atoms with Crippen LogP contribution in [-0.2, 0) is 6.42 Å². The van der Waals surface area contributed by atoms with Crippen LogP contribution in [0.1, 0.15) is 19.4 Å². The predicted molar refractivity (Wildman–Crippen MR) is 85.7 cm³/mol. The van der Waals surface area contributed by atoms with E-state index < -0.39 is 0 Å². The van der Waals surface area contributed by atoms with Crippen LogP contribution < -0.4 is 10.6 Å². The third-order valence-corrected chi connectivity index (χ3v) is 5.01. The Morgan fingerprint density at radius 2 is 2.22 bits per heavy atom. The Labute approximate surface area is 122 Å². The summed E-state index contributed by atoms with van der Waals surface area (Å²) in [5.41, 5.74) is 8.44. The van der Waals surface area contributed by atoms with Gasteiger partial charge < -0.3 is 10.6 Å². The molecular weight excluding hydrogens is 308 g/mol. The third-order valence-electron chi connectivity index (χ3n) is 3.22. The Balaban J connectivity index is 2.26. The molecule has 0 spiro atoms. The maximum Gasteiger partial charge on any atom is 0.0400 e. The molecule has 0 saturated carbocycles. The van der Waals surface area contributed by atoms with Gasteiger partial charge in [-0.25, -0.2) is 0 Å². The lowest BCUT2D eigenvalue weighted by Crippen LogP contribution is -2.43. The van der Waals surface area contributed by atoms with Crippen molar-refractivity contribution >= 4 is 33.4 Å². The Kier molecular flexibility index (Phi) is 4.62. The van der Waals surface area contributed by atoms with Gasteiger partial charge in [-0.2, -0.15) is 11.8 Å². The van der Waals surface area contributed by atoms with Gasteiger partial charge in [0.15, 0.2) is 0 Å². The van der Waals surface area contributed by atoms with Crippen LogP contribution in [0.15, 0.2) is 22.7 Å². The Bertz CT molecular complexity index is 420. The van der Waals surface area contributed by atoms with E-state index in [9.17, 15) is 0 Å². The lowest BCUT2D eigenvalue weighted by atomic mass is 10.1. The van der Waals surface area contributed by atoms with Gasteiger partial charge in [0.25, 0.3) is 0 Å². The molecule has 18 heavy (non-hydrogen) atoms. The molecule has 0 amide bonds. The van der Waals surface area contributed by atoms with Gasteiger partial charge in [-0.3, -0.25) is 0 Å². The van der Waals surface area contributed by atoms with Gasteiger partial charge in [0, 0.05) is 33.7 Å². The molecule has 0 atom stereocenters. The molecule has 0 radical (unpaired) electrons. The van der Waals surface area contributed by atoms with E-state index in [1.807, 2.05) is 0 Å². The molecule has 1 aliphatic rings. The van der Waals surface area contributed by atoms with Gasteiger partial charge in [0.1, 0.15) is 0 Å².